The van der Waals surface area contributed by atoms with Gasteiger partial charge >= 0.3 is 0 Å². The van der Waals surface area contributed by atoms with Crippen LogP contribution < -0.4 is 16.0 Å². The largest absolute Gasteiger partial charge is 0.356 e. The molecule has 0 radical (unpaired) electrons. The summed E-state index contributed by atoms with van der Waals surface area (Å²) in [5, 5.41) is 9.51. The summed E-state index contributed by atoms with van der Waals surface area (Å²) in [5.74, 6) is 1.61. The Hall–Kier alpha value is -2.04. The maximum Gasteiger partial charge on any atom is 0.251 e. The van der Waals surface area contributed by atoms with Crippen LogP contribution in [0, 0.1) is 5.92 Å². The van der Waals surface area contributed by atoms with E-state index < -0.39 is 0 Å². The zero-order chi connectivity index (χ0) is 15.8. The van der Waals surface area contributed by atoms with E-state index in [1.165, 1.54) is 12.8 Å². The lowest BCUT2D eigenvalue weighted by molar-refractivity contribution is 0.0953. The third kappa shape index (κ3) is 5.39. The van der Waals surface area contributed by atoms with Crippen LogP contribution in [0.5, 0.6) is 0 Å². The first-order valence-corrected chi connectivity index (χ1v) is 8.04. The molecule has 0 saturated heterocycles. The molecule has 1 aliphatic rings. The highest BCUT2D eigenvalue weighted by Crippen LogP contribution is 2.27. The molecule has 5 heteroatoms. The van der Waals surface area contributed by atoms with E-state index in [4.69, 9.17) is 0 Å². The van der Waals surface area contributed by atoms with Crippen molar-refractivity contribution in [2.24, 2.45) is 10.9 Å². The normalized spacial score (nSPS) is 14.5. The molecule has 3 N–H and O–H groups in total. The third-order valence-electron chi connectivity index (χ3n) is 3.66. The predicted octanol–water partition coefficient (Wildman–Crippen LogP) is 1.90. The summed E-state index contributed by atoms with van der Waals surface area (Å²) in [6.45, 7) is 4.39. The first-order valence-electron chi connectivity index (χ1n) is 8.04. The van der Waals surface area contributed by atoms with Crippen LogP contribution in [0.3, 0.4) is 0 Å². The molecule has 0 atom stereocenters. The zero-order valence-electron chi connectivity index (χ0n) is 13.5. The zero-order valence-corrected chi connectivity index (χ0v) is 13.5. The van der Waals surface area contributed by atoms with Gasteiger partial charge in [0.25, 0.3) is 5.91 Å². The van der Waals surface area contributed by atoms with Gasteiger partial charge in [0, 0.05) is 32.2 Å². The van der Waals surface area contributed by atoms with Crippen molar-refractivity contribution >= 4 is 11.9 Å². The van der Waals surface area contributed by atoms with Gasteiger partial charge in [0.1, 0.15) is 0 Å². The minimum Gasteiger partial charge on any atom is -0.356 e. The van der Waals surface area contributed by atoms with Crippen molar-refractivity contribution in [3.05, 3.63) is 35.4 Å². The van der Waals surface area contributed by atoms with Gasteiger partial charge in [0.2, 0.25) is 0 Å². The van der Waals surface area contributed by atoms with Gasteiger partial charge in [-0.05, 0) is 42.9 Å². The number of hydrogen-bond acceptors (Lipinski definition) is 2. The van der Waals surface area contributed by atoms with Crippen LogP contribution in [-0.4, -0.2) is 32.0 Å². The average molecular weight is 302 g/mol. The number of guanidine groups is 1. The Labute approximate surface area is 132 Å². The fourth-order valence-electron chi connectivity index (χ4n) is 2.13. The first-order chi connectivity index (χ1) is 10.7. The van der Waals surface area contributed by atoms with E-state index in [-0.39, 0.29) is 5.91 Å². The second-order valence-corrected chi connectivity index (χ2v) is 5.71. The minimum atomic E-state index is -0.0139. The van der Waals surface area contributed by atoms with Gasteiger partial charge in [-0.2, -0.15) is 0 Å². The second kappa shape index (κ2) is 8.41. The number of amides is 1. The highest BCUT2D eigenvalue weighted by Gasteiger charge is 2.20. The summed E-state index contributed by atoms with van der Waals surface area (Å²) < 4.78 is 0. The van der Waals surface area contributed by atoms with Crippen molar-refractivity contribution in [2.45, 2.75) is 32.7 Å². The number of rotatable bonds is 7. The Kier molecular flexibility index (Phi) is 6.25. The molecular formula is C17H26N4O. The second-order valence-electron chi connectivity index (χ2n) is 5.71. The van der Waals surface area contributed by atoms with E-state index in [1.54, 1.807) is 7.05 Å². The highest BCUT2D eigenvalue weighted by atomic mass is 16.1. The molecule has 1 aromatic carbocycles. The molecule has 1 fully saturated rings. The molecule has 2 rings (SSSR count). The molecule has 0 heterocycles. The Balaban J connectivity index is 1.84. The molecule has 0 bridgehead atoms. The van der Waals surface area contributed by atoms with Crippen LogP contribution in [0.25, 0.3) is 0 Å². The molecule has 0 aromatic heterocycles. The van der Waals surface area contributed by atoms with E-state index in [2.05, 4.69) is 20.9 Å². The molecule has 120 valence electrons. The van der Waals surface area contributed by atoms with Crippen molar-refractivity contribution in [3.8, 4) is 0 Å². The molecule has 5 nitrogen and oxygen atoms in total. The van der Waals surface area contributed by atoms with Crippen LogP contribution in [-0.2, 0) is 6.54 Å². The van der Waals surface area contributed by atoms with Gasteiger partial charge in [-0.1, -0.05) is 19.1 Å². The smallest absolute Gasteiger partial charge is 0.251 e. The fourth-order valence-corrected chi connectivity index (χ4v) is 2.13. The van der Waals surface area contributed by atoms with Crippen molar-refractivity contribution in [1.82, 2.24) is 16.0 Å². The SMILES string of the molecule is CCCNC(=O)c1cccc(CNC(=NC)NCC2CC2)c1. The summed E-state index contributed by atoms with van der Waals surface area (Å²) in [6, 6.07) is 7.69. The summed E-state index contributed by atoms with van der Waals surface area (Å²) in [4.78, 5) is 16.2. The molecule has 0 unspecified atom stereocenters. The number of aliphatic imine (C=N–C) groups is 1. The molecule has 1 saturated carbocycles. The van der Waals surface area contributed by atoms with Crippen molar-refractivity contribution < 1.29 is 4.79 Å². The third-order valence-corrected chi connectivity index (χ3v) is 3.66. The van der Waals surface area contributed by atoms with E-state index in [1.807, 2.05) is 31.2 Å². The van der Waals surface area contributed by atoms with Crippen molar-refractivity contribution in [2.75, 3.05) is 20.1 Å². The van der Waals surface area contributed by atoms with Crippen molar-refractivity contribution in [3.63, 3.8) is 0 Å². The van der Waals surface area contributed by atoms with Gasteiger partial charge in [-0.3, -0.25) is 9.79 Å². The van der Waals surface area contributed by atoms with Crippen molar-refractivity contribution in [1.29, 1.82) is 0 Å². The van der Waals surface area contributed by atoms with Crippen LogP contribution in [0.15, 0.2) is 29.3 Å². The summed E-state index contributed by atoms with van der Waals surface area (Å²) in [6.07, 6.45) is 3.58. The molecule has 0 spiro atoms. The van der Waals surface area contributed by atoms with Crippen LogP contribution in [0.1, 0.15) is 42.1 Å². The number of carbonyl (C=O) groups is 1. The maximum absolute atomic E-state index is 12.0. The molecule has 0 aliphatic heterocycles. The molecule has 1 aliphatic carbocycles. The number of nitrogens with zero attached hydrogens (tertiary/aromatic N) is 1. The Bertz CT molecular complexity index is 523. The van der Waals surface area contributed by atoms with E-state index in [0.29, 0.717) is 18.7 Å². The van der Waals surface area contributed by atoms with E-state index in [0.717, 1.165) is 30.4 Å². The first kappa shape index (κ1) is 16.3. The molecule has 1 amide bonds. The van der Waals surface area contributed by atoms with Gasteiger partial charge in [0.15, 0.2) is 5.96 Å². The van der Waals surface area contributed by atoms with Crippen LogP contribution in [0.2, 0.25) is 0 Å². The fraction of sp³-hybridized carbons (Fsp3) is 0.529. The highest BCUT2D eigenvalue weighted by molar-refractivity contribution is 5.94. The Morgan fingerprint density at radius 1 is 1.27 bits per heavy atom. The Morgan fingerprint density at radius 3 is 2.77 bits per heavy atom. The van der Waals surface area contributed by atoms with E-state index in [9.17, 15) is 4.79 Å². The summed E-state index contributed by atoms with van der Waals surface area (Å²) in [5.41, 5.74) is 1.77. The monoisotopic (exact) mass is 302 g/mol. The Morgan fingerprint density at radius 2 is 2.09 bits per heavy atom. The lowest BCUT2D eigenvalue weighted by Crippen LogP contribution is -2.37. The van der Waals surface area contributed by atoms with Gasteiger partial charge < -0.3 is 16.0 Å². The van der Waals surface area contributed by atoms with Gasteiger partial charge in [0.05, 0.1) is 0 Å². The molecule has 1 aromatic rings. The lowest BCUT2D eigenvalue weighted by Gasteiger charge is -2.12. The number of hydrogen-bond donors (Lipinski definition) is 3. The summed E-state index contributed by atoms with van der Waals surface area (Å²) in [7, 11) is 1.77. The quantitative estimate of drug-likeness (QED) is 0.532. The van der Waals surface area contributed by atoms with Gasteiger partial charge in [-0.25, -0.2) is 0 Å². The number of nitrogens with one attached hydrogen (secondary N) is 3. The predicted molar refractivity (Wildman–Crippen MR) is 90.0 cm³/mol. The summed E-state index contributed by atoms with van der Waals surface area (Å²) >= 11 is 0. The number of benzene rings is 1. The average Bonchev–Trinajstić information content (AvgIpc) is 3.37. The molecule has 22 heavy (non-hydrogen) atoms. The topological polar surface area (TPSA) is 65.5 Å². The maximum atomic E-state index is 12.0. The lowest BCUT2D eigenvalue weighted by atomic mass is 10.1. The van der Waals surface area contributed by atoms with Gasteiger partial charge in [-0.15, -0.1) is 0 Å². The number of carbonyl (C=O) groups excluding carboxylic acids is 1. The van der Waals surface area contributed by atoms with Crippen LogP contribution >= 0.6 is 0 Å². The van der Waals surface area contributed by atoms with E-state index >= 15 is 0 Å². The standard InChI is InChI=1S/C17H26N4O/c1-3-9-19-16(22)15-6-4-5-14(10-15)12-21-17(18-2)20-11-13-7-8-13/h4-6,10,13H,3,7-9,11-12H2,1-2H3,(H,19,22)(H2,18,20,21). The minimum absolute atomic E-state index is 0.0139. The van der Waals surface area contributed by atoms with Crippen LogP contribution in [0.4, 0.5) is 0 Å². The molecular weight excluding hydrogens is 276 g/mol.